The molecule has 1 aliphatic rings. The highest BCUT2D eigenvalue weighted by atomic mass is 35.5. The van der Waals surface area contributed by atoms with E-state index in [0.29, 0.717) is 18.7 Å². The molecule has 3 N–H and O–H groups in total. The van der Waals surface area contributed by atoms with Gasteiger partial charge in [0.15, 0.2) is 11.5 Å². The van der Waals surface area contributed by atoms with Gasteiger partial charge in [-0.25, -0.2) is 0 Å². The Bertz CT molecular complexity index is 484. The largest absolute Gasteiger partial charge is 0.504 e. The lowest BCUT2D eigenvalue weighted by Gasteiger charge is -2.35. The lowest BCUT2D eigenvalue weighted by Crippen LogP contribution is -2.45. The molecule has 1 aromatic rings. The van der Waals surface area contributed by atoms with Gasteiger partial charge in [-0.05, 0) is 24.1 Å². The summed E-state index contributed by atoms with van der Waals surface area (Å²) in [4.78, 5) is 1.98. The smallest absolute Gasteiger partial charge is 0.389 e. The SMILES string of the molecule is Cl.Cl.Oc1ccc([C@@H](CCC(F)(F)F)N2CCNCC2)cc1O. The van der Waals surface area contributed by atoms with Crippen molar-refractivity contribution in [1.82, 2.24) is 10.2 Å². The summed E-state index contributed by atoms with van der Waals surface area (Å²) in [5.41, 5.74) is 0.594. The quantitative estimate of drug-likeness (QED) is 0.706. The first-order valence-electron chi connectivity index (χ1n) is 6.90. The Balaban J connectivity index is 0.00000242. The standard InChI is InChI=1S/C14H19F3N2O2.2ClH/c15-14(16,17)4-3-11(19-7-5-18-6-8-19)10-1-2-12(20)13(21)9-10;;/h1-2,9,11,18,20-21H,3-8H2;2*1H/t11-;;/m1../s1. The number of nitrogens with one attached hydrogen (secondary N) is 1. The number of rotatable bonds is 4. The number of phenolic OH excluding ortho intramolecular Hbond substituents is 2. The molecule has 0 spiro atoms. The van der Waals surface area contributed by atoms with Crippen LogP contribution in [0.3, 0.4) is 0 Å². The van der Waals surface area contributed by atoms with Crippen LogP contribution >= 0.6 is 24.8 Å². The second-order valence-electron chi connectivity index (χ2n) is 5.20. The first-order valence-corrected chi connectivity index (χ1v) is 6.90. The Labute approximate surface area is 145 Å². The van der Waals surface area contributed by atoms with E-state index in [2.05, 4.69) is 5.32 Å². The Hall–Kier alpha value is -0.890. The summed E-state index contributed by atoms with van der Waals surface area (Å²) >= 11 is 0. The average molecular weight is 377 g/mol. The molecule has 134 valence electrons. The van der Waals surface area contributed by atoms with Gasteiger partial charge in [0.2, 0.25) is 0 Å². The minimum Gasteiger partial charge on any atom is -0.504 e. The van der Waals surface area contributed by atoms with Gasteiger partial charge in [0.05, 0.1) is 0 Å². The van der Waals surface area contributed by atoms with E-state index in [9.17, 15) is 23.4 Å². The molecule has 1 aromatic carbocycles. The normalized spacial score (nSPS) is 17.0. The molecule has 0 radical (unpaired) electrons. The van der Waals surface area contributed by atoms with Crippen LogP contribution in [0.5, 0.6) is 11.5 Å². The van der Waals surface area contributed by atoms with Crippen molar-refractivity contribution in [2.75, 3.05) is 26.2 Å². The fraction of sp³-hybridized carbons (Fsp3) is 0.571. The summed E-state index contributed by atoms with van der Waals surface area (Å²) in [5, 5.41) is 22.1. The number of aromatic hydroxyl groups is 2. The third-order valence-corrected chi connectivity index (χ3v) is 3.68. The fourth-order valence-electron chi connectivity index (χ4n) is 2.60. The molecule has 0 amide bonds. The molecule has 0 saturated carbocycles. The molecule has 0 aromatic heterocycles. The predicted octanol–water partition coefficient (Wildman–Crippen LogP) is 3.23. The number of phenols is 2. The van der Waals surface area contributed by atoms with Crippen LogP contribution < -0.4 is 5.32 Å². The Morgan fingerprint density at radius 1 is 1.09 bits per heavy atom. The van der Waals surface area contributed by atoms with Gasteiger partial charge in [0.1, 0.15) is 0 Å². The Kier molecular flexibility index (Phi) is 9.05. The fourth-order valence-corrected chi connectivity index (χ4v) is 2.60. The van der Waals surface area contributed by atoms with E-state index in [1.807, 2.05) is 4.90 Å². The minimum absolute atomic E-state index is 0. The van der Waals surface area contributed by atoms with Gasteiger partial charge in [-0.1, -0.05) is 6.07 Å². The number of nitrogens with zero attached hydrogens (tertiary/aromatic N) is 1. The van der Waals surface area contributed by atoms with Gasteiger partial charge in [-0.15, -0.1) is 24.8 Å². The van der Waals surface area contributed by atoms with Gasteiger partial charge in [-0.2, -0.15) is 13.2 Å². The Morgan fingerprint density at radius 2 is 1.70 bits per heavy atom. The predicted molar refractivity (Wildman–Crippen MR) is 86.7 cm³/mol. The summed E-state index contributed by atoms with van der Waals surface area (Å²) < 4.78 is 37.6. The first-order chi connectivity index (χ1) is 9.87. The van der Waals surface area contributed by atoms with Crippen molar-refractivity contribution in [2.24, 2.45) is 0 Å². The zero-order chi connectivity index (χ0) is 15.5. The van der Waals surface area contributed by atoms with Crippen molar-refractivity contribution in [1.29, 1.82) is 0 Å². The second-order valence-corrected chi connectivity index (χ2v) is 5.20. The van der Waals surface area contributed by atoms with Crippen molar-refractivity contribution in [2.45, 2.75) is 25.1 Å². The maximum atomic E-state index is 12.5. The van der Waals surface area contributed by atoms with Crippen LogP contribution in [0.2, 0.25) is 0 Å². The zero-order valence-electron chi connectivity index (χ0n) is 12.3. The molecular weight excluding hydrogens is 356 g/mol. The van der Waals surface area contributed by atoms with Crippen LogP contribution in [0.4, 0.5) is 13.2 Å². The number of halogens is 5. The second kappa shape index (κ2) is 9.42. The average Bonchev–Trinajstić information content (AvgIpc) is 2.43. The summed E-state index contributed by atoms with van der Waals surface area (Å²) in [6.07, 6.45) is -5.14. The number of alkyl halides is 3. The molecule has 0 bridgehead atoms. The van der Waals surface area contributed by atoms with E-state index in [1.54, 1.807) is 6.07 Å². The van der Waals surface area contributed by atoms with Gasteiger partial charge in [0.25, 0.3) is 0 Å². The third kappa shape index (κ3) is 6.63. The number of hydrogen-bond donors (Lipinski definition) is 3. The van der Waals surface area contributed by atoms with E-state index in [0.717, 1.165) is 13.1 Å². The topological polar surface area (TPSA) is 55.7 Å². The molecule has 2 rings (SSSR count). The highest BCUT2D eigenvalue weighted by Crippen LogP contribution is 2.35. The van der Waals surface area contributed by atoms with Gasteiger partial charge >= 0.3 is 6.18 Å². The van der Waals surface area contributed by atoms with Gasteiger partial charge in [0, 0.05) is 38.6 Å². The van der Waals surface area contributed by atoms with Crippen molar-refractivity contribution >= 4 is 24.8 Å². The molecule has 1 aliphatic heterocycles. The van der Waals surface area contributed by atoms with Crippen LogP contribution in [-0.4, -0.2) is 47.5 Å². The van der Waals surface area contributed by atoms with Crippen LogP contribution in [0.25, 0.3) is 0 Å². The summed E-state index contributed by atoms with van der Waals surface area (Å²) in [6.45, 7) is 2.77. The van der Waals surface area contributed by atoms with E-state index in [1.165, 1.54) is 12.1 Å². The van der Waals surface area contributed by atoms with E-state index < -0.39 is 18.6 Å². The summed E-state index contributed by atoms with van der Waals surface area (Å²) in [7, 11) is 0. The van der Waals surface area contributed by atoms with E-state index in [-0.39, 0.29) is 42.7 Å². The highest BCUT2D eigenvalue weighted by molar-refractivity contribution is 5.85. The summed E-state index contributed by atoms with van der Waals surface area (Å²) in [6, 6.07) is 3.81. The minimum atomic E-state index is -4.20. The van der Waals surface area contributed by atoms with Gasteiger partial charge < -0.3 is 15.5 Å². The number of hydrogen-bond acceptors (Lipinski definition) is 4. The zero-order valence-corrected chi connectivity index (χ0v) is 14.0. The molecule has 1 heterocycles. The van der Waals surface area contributed by atoms with E-state index in [4.69, 9.17) is 0 Å². The number of piperazine rings is 1. The van der Waals surface area contributed by atoms with Crippen molar-refractivity contribution in [3.8, 4) is 11.5 Å². The van der Waals surface area contributed by atoms with Crippen LogP contribution in [0.15, 0.2) is 18.2 Å². The summed E-state index contributed by atoms with van der Waals surface area (Å²) in [5.74, 6) is -0.576. The maximum Gasteiger partial charge on any atom is 0.389 e. The molecule has 1 fully saturated rings. The van der Waals surface area contributed by atoms with Gasteiger partial charge in [-0.3, -0.25) is 4.90 Å². The maximum absolute atomic E-state index is 12.5. The highest BCUT2D eigenvalue weighted by Gasteiger charge is 2.31. The van der Waals surface area contributed by atoms with Crippen LogP contribution in [0, 0.1) is 0 Å². The monoisotopic (exact) mass is 376 g/mol. The van der Waals surface area contributed by atoms with Crippen molar-refractivity contribution in [3.63, 3.8) is 0 Å². The molecule has 23 heavy (non-hydrogen) atoms. The molecular formula is C14H21Cl2F3N2O2. The Morgan fingerprint density at radius 3 is 2.22 bits per heavy atom. The molecule has 4 nitrogen and oxygen atoms in total. The molecule has 0 aliphatic carbocycles. The molecule has 0 unspecified atom stereocenters. The molecule has 1 atom stereocenters. The van der Waals surface area contributed by atoms with Crippen LogP contribution in [0.1, 0.15) is 24.4 Å². The lowest BCUT2D eigenvalue weighted by atomic mass is 9.98. The number of benzene rings is 1. The molecule has 9 heteroatoms. The molecule has 1 saturated heterocycles. The lowest BCUT2D eigenvalue weighted by molar-refractivity contribution is -0.138. The third-order valence-electron chi connectivity index (χ3n) is 3.68. The van der Waals surface area contributed by atoms with Crippen molar-refractivity contribution < 1.29 is 23.4 Å². The van der Waals surface area contributed by atoms with E-state index >= 15 is 0 Å². The van der Waals surface area contributed by atoms with Crippen molar-refractivity contribution in [3.05, 3.63) is 23.8 Å². The first kappa shape index (κ1) is 22.1. The van der Waals surface area contributed by atoms with Crippen LogP contribution in [-0.2, 0) is 0 Å².